The number of rotatable bonds is 4. The number of aldehydes is 1. The number of phenols is 1. The molecule has 1 aromatic heterocycles. The Morgan fingerprint density at radius 1 is 1.04 bits per heavy atom. The summed E-state index contributed by atoms with van der Waals surface area (Å²) in [5.74, 6) is -0.735. The maximum absolute atomic E-state index is 11.3. The van der Waals surface area contributed by atoms with Gasteiger partial charge < -0.3 is 10.8 Å². The van der Waals surface area contributed by atoms with E-state index in [4.69, 9.17) is 5.73 Å². The van der Waals surface area contributed by atoms with Gasteiger partial charge in [-0.2, -0.15) is 15.4 Å². The molecule has 0 saturated carbocycles. The third-order valence-corrected chi connectivity index (χ3v) is 3.43. The quantitative estimate of drug-likeness (QED) is 0.634. The maximum Gasteiger partial charge on any atom is 0.271 e. The van der Waals surface area contributed by atoms with Crippen LogP contribution < -0.4 is 5.73 Å². The molecule has 0 bridgehead atoms. The van der Waals surface area contributed by atoms with Gasteiger partial charge in [-0.25, -0.2) is 0 Å². The number of aromatic nitrogens is 3. The minimum Gasteiger partial charge on any atom is -0.507 e. The van der Waals surface area contributed by atoms with Crippen LogP contribution in [0.3, 0.4) is 0 Å². The average Bonchev–Trinajstić information content (AvgIpc) is 3.05. The third kappa shape index (κ3) is 2.67. The molecule has 114 valence electrons. The molecular formula is C16H12N4O3. The number of benzene rings is 2. The number of hydrogen-bond acceptors (Lipinski definition) is 5. The molecule has 0 atom stereocenters. The second-order valence-corrected chi connectivity index (χ2v) is 4.85. The molecule has 4 N–H and O–H groups in total. The maximum atomic E-state index is 11.3. The van der Waals surface area contributed by atoms with Crippen LogP contribution in [0.1, 0.15) is 20.8 Å². The summed E-state index contributed by atoms with van der Waals surface area (Å²) in [7, 11) is 0. The Hall–Kier alpha value is -3.48. The molecule has 3 aromatic rings. The van der Waals surface area contributed by atoms with Crippen LogP contribution in [0.15, 0.2) is 42.5 Å². The van der Waals surface area contributed by atoms with Gasteiger partial charge in [0.05, 0.1) is 5.56 Å². The fraction of sp³-hybridized carbons (Fsp3) is 0. The molecule has 0 aliphatic rings. The first-order valence-corrected chi connectivity index (χ1v) is 6.69. The van der Waals surface area contributed by atoms with Crippen molar-refractivity contribution in [1.82, 2.24) is 15.4 Å². The van der Waals surface area contributed by atoms with Crippen LogP contribution in [-0.2, 0) is 0 Å². The van der Waals surface area contributed by atoms with E-state index in [1.807, 2.05) is 12.1 Å². The largest absolute Gasteiger partial charge is 0.507 e. The highest BCUT2D eigenvalue weighted by atomic mass is 16.3. The number of nitrogens with two attached hydrogens (primary N) is 1. The van der Waals surface area contributed by atoms with Crippen molar-refractivity contribution in [2.24, 2.45) is 5.73 Å². The molecule has 0 aliphatic carbocycles. The SMILES string of the molecule is NC(=O)c1n[nH]nc1-c1ccc(-c2ccc(C=O)c(O)c2)cc1. The van der Waals surface area contributed by atoms with Crippen LogP contribution in [0.2, 0.25) is 0 Å². The van der Waals surface area contributed by atoms with E-state index < -0.39 is 5.91 Å². The number of carbonyl (C=O) groups is 2. The minimum atomic E-state index is -0.660. The predicted octanol–water partition coefficient (Wildman–Crippen LogP) is 1.76. The standard InChI is InChI=1S/C16H12N4O3/c17-16(23)15-14(18-20-19-15)10-3-1-9(2-4-10)11-5-6-12(8-21)13(22)7-11/h1-8,22H,(H2,17,23)(H,18,19,20). The number of nitrogens with one attached hydrogen (secondary N) is 1. The molecule has 0 aliphatic heterocycles. The highest BCUT2D eigenvalue weighted by Crippen LogP contribution is 2.28. The Labute approximate surface area is 130 Å². The molecule has 0 saturated heterocycles. The summed E-state index contributed by atoms with van der Waals surface area (Å²) < 4.78 is 0. The second-order valence-electron chi connectivity index (χ2n) is 4.85. The van der Waals surface area contributed by atoms with Crippen LogP contribution in [0.4, 0.5) is 0 Å². The molecule has 7 heteroatoms. The first kappa shape index (κ1) is 14.5. The zero-order valence-corrected chi connectivity index (χ0v) is 11.9. The van der Waals surface area contributed by atoms with Gasteiger partial charge in [-0.05, 0) is 23.3 Å². The molecule has 2 aromatic carbocycles. The zero-order valence-electron chi connectivity index (χ0n) is 11.9. The van der Waals surface area contributed by atoms with Crippen LogP contribution in [0, 0.1) is 0 Å². The molecule has 1 amide bonds. The van der Waals surface area contributed by atoms with Gasteiger partial charge in [0, 0.05) is 5.56 Å². The lowest BCUT2D eigenvalue weighted by molar-refractivity contribution is 0.0995. The average molecular weight is 308 g/mol. The van der Waals surface area contributed by atoms with Gasteiger partial charge in [-0.15, -0.1) is 0 Å². The van der Waals surface area contributed by atoms with Gasteiger partial charge in [-0.1, -0.05) is 30.3 Å². The molecular weight excluding hydrogens is 296 g/mol. The number of carbonyl (C=O) groups excluding carboxylic acids is 2. The number of H-pyrrole nitrogens is 1. The monoisotopic (exact) mass is 308 g/mol. The first-order valence-electron chi connectivity index (χ1n) is 6.69. The van der Waals surface area contributed by atoms with Crippen molar-refractivity contribution in [3.63, 3.8) is 0 Å². The summed E-state index contributed by atoms with van der Waals surface area (Å²) in [5, 5.41) is 19.8. The Balaban J connectivity index is 1.96. The normalized spacial score (nSPS) is 10.4. The Morgan fingerprint density at radius 2 is 1.70 bits per heavy atom. The molecule has 3 rings (SSSR count). The first-order chi connectivity index (χ1) is 11.1. The van der Waals surface area contributed by atoms with Crippen molar-refractivity contribution in [3.05, 3.63) is 53.7 Å². The number of amides is 1. The van der Waals surface area contributed by atoms with Crippen molar-refractivity contribution in [2.75, 3.05) is 0 Å². The lowest BCUT2D eigenvalue weighted by Crippen LogP contribution is -2.12. The number of hydrogen-bond donors (Lipinski definition) is 3. The van der Waals surface area contributed by atoms with E-state index in [1.54, 1.807) is 24.3 Å². The number of nitrogens with zero attached hydrogens (tertiary/aromatic N) is 2. The lowest BCUT2D eigenvalue weighted by atomic mass is 10.0. The van der Waals surface area contributed by atoms with E-state index in [1.165, 1.54) is 6.07 Å². The summed E-state index contributed by atoms with van der Waals surface area (Å²) in [6.45, 7) is 0. The molecule has 23 heavy (non-hydrogen) atoms. The number of phenolic OH excluding ortho intramolecular Hbond substituents is 1. The van der Waals surface area contributed by atoms with Crippen LogP contribution in [0.5, 0.6) is 5.75 Å². The number of primary amides is 1. The highest BCUT2D eigenvalue weighted by Gasteiger charge is 2.15. The van der Waals surface area contributed by atoms with Crippen molar-refractivity contribution in [2.45, 2.75) is 0 Å². The van der Waals surface area contributed by atoms with Crippen molar-refractivity contribution >= 4 is 12.2 Å². The summed E-state index contributed by atoms with van der Waals surface area (Å²) in [5.41, 5.74) is 8.21. The van der Waals surface area contributed by atoms with E-state index in [2.05, 4.69) is 15.4 Å². The van der Waals surface area contributed by atoms with E-state index in [-0.39, 0.29) is 17.0 Å². The van der Waals surface area contributed by atoms with Crippen LogP contribution in [0.25, 0.3) is 22.4 Å². The summed E-state index contributed by atoms with van der Waals surface area (Å²) in [4.78, 5) is 22.0. The van der Waals surface area contributed by atoms with Gasteiger partial charge in [0.2, 0.25) is 0 Å². The van der Waals surface area contributed by atoms with Gasteiger partial charge in [0.25, 0.3) is 5.91 Å². The van der Waals surface area contributed by atoms with Gasteiger partial charge in [0.1, 0.15) is 11.4 Å². The second kappa shape index (κ2) is 5.72. The molecule has 7 nitrogen and oxygen atoms in total. The summed E-state index contributed by atoms with van der Waals surface area (Å²) >= 11 is 0. The molecule has 0 unspecified atom stereocenters. The summed E-state index contributed by atoms with van der Waals surface area (Å²) in [6.07, 6.45) is 0.595. The fourth-order valence-electron chi connectivity index (χ4n) is 2.25. The van der Waals surface area contributed by atoms with E-state index in [0.717, 1.165) is 11.1 Å². The number of aromatic hydroxyl groups is 1. The van der Waals surface area contributed by atoms with E-state index >= 15 is 0 Å². The minimum absolute atomic E-state index is 0.0748. The Kier molecular flexibility index (Phi) is 3.60. The van der Waals surface area contributed by atoms with Crippen molar-refractivity contribution in [3.8, 4) is 28.1 Å². The summed E-state index contributed by atoms with van der Waals surface area (Å²) in [6, 6.07) is 12.0. The van der Waals surface area contributed by atoms with Crippen LogP contribution in [-0.4, -0.2) is 32.7 Å². The molecule has 0 radical (unpaired) electrons. The third-order valence-electron chi connectivity index (χ3n) is 3.43. The molecule has 0 fully saturated rings. The Bertz CT molecular complexity index is 885. The molecule has 0 spiro atoms. The number of aromatic amines is 1. The highest BCUT2D eigenvalue weighted by molar-refractivity contribution is 5.96. The van der Waals surface area contributed by atoms with Crippen molar-refractivity contribution < 1.29 is 14.7 Å². The van der Waals surface area contributed by atoms with Gasteiger partial charge in [0.15, 0.2) is 12.0 Å². The predicted molar refractivity (Wildman–Crippen MR) is 82.8 cm³/mol. The van der Waals surface area contributed by atoms with Crippen LogP contribution >= 0.6 is 0 Å². The molecule has 1 heterocycles. The van der Waals surface area contributed by atoms with E-state index in [9.17, 15) is 14.7 Å². The van der Waals surface area contributed by atoms with Gasteiger partial charge >= 0.3 is 0 Å². The van der Waals surface area contributed by atoms with Crippen molar-refractivity contribution in [1.29, 1.82) is 0 Å². The Morgan fingerprint density at radius 3 is 2.30 bits per heavy atom. The fourth-order valence-corrected chi connectivity index (χ4v) is 2.25. The van der Waals surface area contributed by atoms with E-state index in [0.29, 0.717) is 17.5 Å². The smallest absolute Gasteiger partial charge is 0.271 e. The topological polar surface area (TPSA) is 122 Å². The van der Waals surface area contributed by atoms with Gasteiger partial charge in [-0.3, -0.25) is 9.59 Å². The lowest BCUT2D eigenvalue weighted by Gasteiger charge is -2.05. The zero-order chi connectivity index (χ0) is 16.4.